The van der Waals surface area contributed by atoms with Gasteiger partial charge in [0.2, 0.25) is 5.69 Å². The van der Waals surface area contributed by atoms with Gasteiger partial charge in [-0.15, -0.1) is 0 Å². The summed E-state index contributed by atoms with van der Waals surface area (Å²) in [7, 11) is 1.49. The first-order valence-electron chi connectivity index (χ1n) is 5.55. The van der Waals surface area contributed by atoms with E-state index in [0.29, 0.717) is 19.4 Å². The molecule has 100 valence electrons. The summed E-state index contributed by atoms with van der Waals surface area (Å²) in [5.41, 5.74) is 5.02. The standard InChI is InChI=1S/C10H16N4O4/c1-3-4-7-8(14(16)17)9(10(11)15)13(12-7)5-6-18-2/h3-6H2,1-2H3,(H2,11,15). The van der Waals surface area contributed by atoms with E-state index in [1.807, 2.05) is 6.92 Å². The maximum Gasteiger partial charge on any atom is 0.323 e. The molecule has 0 aliphatic heterocycles. The normalized spacial score (nSPS) is 10.6. The number of nitrogens with two attached hydrogens (primary N) is 1. The zero-order valence-electron chi connectivity index (χ0n) is 10.4. The predicted octanol–water partition coefficient (Wildman–Crippen LogP) is 0.489. The van der Waals surface area contributed by atoms with E-state index < -0.39 is 10.8 Å². The third kappa shape index (κ3) is 2.83. The number of amides is 1. The van der Waals surface area contributed by atoms with Crippen LogP contribution in [0.2, 0.25) is 0 Å². The van der Waals surface area contributed by atoms with E-state index >= 15 is 0 Å². The van der Waals surface area contributed by atoms with Crippen LogP contribution in [-0.2, 0) is 17.7 Å². The van der Waals surface area contributed by atoms with E-state index in [4.69, 9.17) is 10.5 Å². The minimum atomic E-state index is -0.854. The van der Waals surface area contributed by atoms with Gasteiger partial charge in [-0.05, 0) is 6.42 Å². The molecule has 8 heteroatoms. The average Bonchev–Trinajstić information content (AvgIpc) is 2.65. The van der Waals surface area contributed by atoms with E-state index in [0.717, 1.165) is 0 Å². The van der Waals surface area contributed by atoms with Crippen LogP contribution >= 0.6 is 0 Å². The van der Waals surface area contributed by atoms with Gasteiger partial charge in [-0.2, -0.15) is 5.10 Å². The molecule has 0 aliphatic carbocycles. The van der Waals surface area contributed by atoms with Gasteiger partial charge in [0.1, 0.15) is 5.69 Å². The number of hydrogen-bond donors (Lipinski definition) is 1. The van der Waals surface area contributed by atoms with Crippen molar-refractivity contribution >= 4 is 11.6 Å². The Morgan fingerprint density at radius 3 is 2.72 bits per heavy atom. The van der Waals surface area contributed by atoms with Crippen LogP contribution in [0.3, 0.4) is 0 Å². The molecule has 0 fully saturated rings. The first-order chi connectivity index (χ1) is 8.52. The zero-order valence-corrected chi connectivity index (χ0v) is 10.4. The van der Waals surface area contributed by atoms with Crippen molar-refractivity contribution < 1.29 is 14.5 Å². The van der Waals surface area contributed by atoms with E-state index in [2.05, 4.69) is 5.10 Å². The Balaban J connectivity index is 3.29. The fraction of sp³-hybridized carbons (Fsp3) is 0.600. The predicted molar refractivity (Wildman–Crippen MR) is 63.3 cm³/mol. The quantitative estimate of drug-likeness (QED) is 0.563. The number of primary amides is 1. The van der Waals surface area contributed by atoms with Crippen molar-refractivity contribution in [2.45, 2.75) is 26.3 Å². The molecule has 0 spiro atoms. The van der Waals surface area contributed by atoms with Gasteiger partial charge in [0.25, 0.3) is 5.91 Å². The maximum atomic E-state index is 11.3. The molecule has 1 rings (SSSR count). The summed E-state index contributed by atoms with van der Waals surface area (Å²) in [4.78, 5) is 21.8. The Bertz CT molecular complexity index is 455. The third-order valence-corrected chi connectivity index (χ3v) is 2.41. The largest absolute Gasteiger partial charge is 0.383 e. The van der Waals surface area contributed by atoms with Crippen molar-refractivity contribution in [2.24, 2.45) is 5.73 Å². The lowest BCUT2D eigenvalue weighted by Crippen LogP contribution is -2.20. The molecule has 0 atom stereocenters. The minimum absolute atomic E-state index is 0.166. The number of hydrogen-bond acceptors (Lipinski definition) is 5. The van der Waals surface area contributed by atoms with Crippen molar-refractivity contribution in [2.75, 3.05) is 13.7 Å². The molecule has 1 aromatic rings. The molecule has 1 aromatic heterocycles. The lowest BCUT2D eigenvalue weighted by molar-refractivity contribution is -0.385. The van der Waals surface area contributed by atoms with Crippen molar-refractivity contribution in [1.29, 1.82) is 0 Å². The molecular weight excluding hydrogens is 240 g/mol. The smallest absolute Gasteiger partial charge is 0.323 e. The second-order valence-electron chi connectivity index (χ2n) is 3.73. The molecule has 0 aliphatic rings. The number of nitro groups is 1. The highest BCUT2D eigenvalue weighted by atomic mass is 16.6. The van der Waals surface area contributed by atoms with Crippen LogP contribution in [0.1, 0.15) is 29.5 Å². The summed E-state index contributed by atoms with van der Waals surface area (Å²) in [6, 6.07) is 0. The van der Waals surface area contributed by atoms with Crippen LogP contribution < -0.4 is 5.73 Å². The summed E-state index contributed by atoms with van der Waals surface area (Å²) in [5.74, 6) is -0.854. The molecule has 1 heterocycles. The van der Waals surface area contributed by atoms with Crippen molar-refractivity contribution in [3.63, 3.8) is 0 Å². The van der Waals surface area contributed by atoms with Crippen LogP contribution in [0.15, 0.2) is 0 Å². The molecule has 0 saturated carbocycles. The lowest BCUT2D eigenvalue weighted by atomic mass is 10.2. The van der Waals surface area contributed by atoms with Crippen molar-refractivity contribution in [3.05, 3.63) is 21.5 Å². The van der Waals surface area contributed by atoms with Gasteiger partial charge >= 0.3 is 5.69 Å². The Labute approximate surface area is 104 Å². The molecule has 18 heavy (non-hydrogen) atoms. The molecule has 0 aromatic carbocycles. The topological polar surface area (TPSA) is 113 Å². The van der Waals surface area contributed by atoms with Gasteiger partial charge in [0.05, 0.1) is 18.1 Å². The summed E-state index contributed by atoms with van der Waals surface area (Å²) < 4.78 is 6.11. The summed E-state index contributed by atoms with van der Waals surface area (Å²) >= 11 is 0. The number of nitrogens with zero attached hydrogens (tertiary/aromatic N) is 3. The van der Waals surface area contributed by atoms with Crippen molar-refractivity contribution in [3.8, 4) is 0 Å². The Kier molecular flexibility index (Phi) is 4.78. The second kappa shape index (κ2) is 6.10. The number of aromatic nitrogens is 2. The summed E-state index contributed by atoms with van der Waals surface area (Å²) in [6.45, 7) is 2.42. The minimum Gasteiger partial charge on any atom is -0.383 e. The second-order valence-corrected chi connectivity index (χ2v) is 3.73. The molecule has 8 nitrogen and oxygen atoms in total. The molecule has 1 amide bonds. The fourth-order valence-corrected chi connectivity index (χ4v) is 1.68. The first kappa shape index (κ1) is 14.1. The Morgan fingerprint density at radius 2 is 2.28 bits per heavy atom. The monoisotopic (exact) mass is 256 g/mol. The SMILES string of the molecule is CCCc1nn(CCOC)c(C(N)=O)c1[N+](=O)[O-]. The van der Waals surface area contributed by atoms with Gasteiger partial charge in [-0.1, -0.05) is 13.3 Å². The van der Waals surface area contributed by atoms with E-state index in [9.17, 15) is 14.9 Å². The number of rotatable bonds is 7. The summed E-state index contributed by atoms with van der Waals surface area (Å²) in [5, 5.41) is 15.1. The van der Waals surface area contributed by atoms with E-state index in [1.54, 1.807) is 0 Å². The lowest BCUT2D eigenvalue weighted by Gasteiger charge is -2.02. The molecule has 0 radical (unpaired) electrons. The Hall–Kier alpha value is -1.96. The number of ether oxygens (including phenoxy) is 1. The highest BCUT2D eigenvalue weighted by Gasteiger charge is 2.30. The van der Waals surface area contributed by atoms with Crippen LogP contribution in [0.4, 0.5) is 5.69 Å². The highest BCUT2D eigenvalue weighted by Crippen LogP contribution is 2.24. The van der Waals surface area contributed by atoms with Crippen LogP contribution in [-0.4, -0.2) is 34.3 Å². The average molecular weight is 256 g/mol. The van der Waals surface area contributed by atoms with Crippen LogP contribution in [0.25, 0.3) is 0 Å². The zero-order chi connectivity index (χ0) is 13.7. The third-order valence-electron chi connectivity index (χ3n) is 2.41. The van der Waals surface area contributed by atoms with Gasteiger partial charge < -0.3 is 10.5 Å². The van der Waals surface area contributed by atoms with Gasteiger partial charge in [0.15, 0.2) is 0 Å². The van der Waals surface area contributed by atoms with E-state index in [-0.39, 0.29) is 23.6 Å². The molecule has 2 N–H and O–H groups in total. The fourth-order valence-electron chi connectivity index (χ4n) is 1.68. The molecule has 0 unspecified atom stereocenters. The van der Waals surface area contributed by atoms with Crippen LogP contribution in [0.5, 0.6) is 0 Å². The van der Waals surface area contributed by atoms with Gasteiger partial charge in [-0.25, -0.2) is 0 Å². The maximum absolute atomic E-state index is 11.3. The first-order valence-corrected chi connectivity index (χ1v) is 5.55. The van der Waals surface area contributed by atoms with Gasteiger partial charge in [0, 0.05) is 7.11 Å². The van der Waals surface area contributed by atoms with Crippen molar-refractivity contribution in [1.82, 2.24) is 9.78 Å². The molecular formula is C10H16N4O4. The van der Waals surface area contributed by atoms with Gasteiger partial charge in [-0.3, -0.25) is 19.6 Å². The Morgan fingerprint density at radius 1 is 1.61 bits per heavy atom. The molecule has 0 bridgehead atoms. The van der Waals surface area contributed by atoms with Crippen LogP contribution in [0, 0.1) is 10.1 Å². The summed E-state index contributed by atoms with van der Waals surface area (Å²) in [6.07, 6.45) is 1.12. The van der Waals surface area contributed by atoms with E-state index in [1.165, 1.54) is 11.8 Å². The molecule has 0 saturated heterocycles. The number of aryl methyl sites for hydroxylation is 1. The number of carbonyl (C=O) groups is 1. The number of carbonyl (C=O) groups excluding carboxylic acids is 1. The highest BCUT2D eigenvalue weighted by molar-refractivity contribution is 5.95. The number of methoxy groups -OCH3 is 1.